The predicted molar refractivity (Wildman–Crippen MR) is 112 cm³/mol. The molecule has 2 aliphatic rings. The molecule has 2 amide bonds. The van der Waals surface area contributed by atoms with Gasteiger partial charge in [-0.05, 0) is 39.0 Å². The van der Waals surface area contributed by atoms with Gasteiger partial charge in [-0.15, -0.1) is 0 Å². The van der Waals surface area contributed by atoms with Gasteiger partial charge >= 0.3 is 5.97 Å². The van der Waals surface area contributed by atoms with E-state index in [9.17, 15) is 22.8 Å². The van der Waals surface area contributed by atoms with E-state index in [2.05, 4.69) is 0 Å². The molecule has 0 bridgehead atoms. The maximum atomic E-state index is 12.9. The molecule has 0 aromatic carbocycles. The summed E-state index contributed by atoms with van der Waals surface area (Å²) in [5, 5.41) is 0. The van der Waals surface area contributed by atoms with Crippen LogP contribution in [0.4, 0.5) is 0 Å². The molecule has 2 atom stereocenters. The van der Waals surface area contributed by atoms with Crippen LogP contribution in [0, 0.1) is 11.8 Å². The lowest BCUT2D eigenvalue weighted by Gasteiger charge is -2.35. The Bertz CT molecular complexity index is 726. The number of ether oxygens (including phenoxy) is 1. The van der Waals surface area contributed by atoms with Gasteiger partial charge < -0.3 is 14.5 Å². The molecule has 30 heavy (non-hydrogen) atoms. The molecule has 0 saturated carbocycles. The molecule has 2 unspecified atom stereocenters. The summed E-state index contributed by atoms with van der Waals surface area (Å²) in [5.74, 6) is -1.37. The van der Waals surface area contributed by atoms with Crippen molar-refractivity contribution in [3.05, 3.63) is 0 Å². The maximum Gasteiger partial charge on any atom is 0.310 e. The van der Waals surface area contributed by atoms with E-state index in [1.165, 1.54) is 9.21 Å². The molecule has 2 fully saturated rings. The summed E-state index contributed by atoms with van der Waals surface area (Å²) in [6.07, 6.45) is 3.20. The Morgan fingerprint density at radius 2 is 1.70 bits per heavy atom. The maximum absolute atomic E-state index is 12.9. The van der Waals surface area contributed by atoms with Crippen molar-refractivity contribution in [3.63, 3.8) is 0 Å². The van der Waals surface area contributed by atoms with E-state index < -0.39 is 15.9 Å². The lowest BCUT2D eigenvalue weighted by Crippen LogP contribution is -2.50. The number of amides is 2. The van der Waals surface area contributed by atoms with E-state index in [0.29, 0.717) is 51.9 Å². The van der Waals surface area contributed by atoms with Crippen molar-refractivity contribution in [2.75, 3.05) is 52.1 Å². The van der Waals surface area contributed by atoms with Gasteiger partial charge in [0.25, 0.3) is 0 Å². The van der Waals surface area contributed by atoms with Gasteiger partial charge in [-0.1, -0.05) is 6.92 Å². The summed E-state index contributed by atoms with van der Waals surface area (Å²) in [7, 11) is -1.77. The molecule has 0 aromatic rings. The van der Waals surface area contributed by atoms with Crippen LogP contribution >= 0.6 is 0 Å². The monoisotopic (exact) mass is 445 g/mol. The molecule has 0 N–H and O–H groups in total. The van der Waals surface area contributed by atoms with Crippen molar-refractivity contribution in [2.45, 2.75) is 46.0 Å². The van der Waals surface area contributed by atoms with Gasteiger partial charge in [0.1, 0.15) is 0 Å². The first-order valence-corrected chi connectivity index (χ1v) is 12.5. The van der Waals surface area contributed by atoms with Crippen molar-refractivity contribution in [2.24, 2.45) is 11.8 Å². The van der Waals surface area contributed by atoms with Gasteiger partial charge in [0.05, 0.1) is 30.7 Å². The fraction of sp³-hybridized carbons (Fsp3) is 0.850. The second-order valence-corrected chi connectivity index (χ2v) is 10.2. The second kappa shape index (κ2) is 11.1. The van der Waals surface area contributed by atoms with Crippen LogP contribution < -0.4 is 0 Å². The fourth-order valence-corrected chi connectivity index (χ4v) is 5.72. The van der Waals surface area contributed by atoms with Gasteiger partial charge in [0.2, 0.25) is 21.8 Å². The van der Waals surface area contributed by atoms with E-state index in [1.54, 1.807) is 18.9 Å². The van der Waals surface area contributed by atoms with Gasteiger partial charge in [-0.25, -0.2) is 12.7 Å². The molecule has 2 aliphatic heterocycles. The second-order valence-electron chi connectivity index (χ2n) is 8.14. The lowest BCUT2D eigenvalue weighted by atomic mass is 9.97. The van der Waals surface area contributed by atoms with Crippen LogP contribution in [-0.2, 0) is 29.1 Å². The van der Waals surface area contributed by atoms with E-state index in [1.807, 2.05) is 6.92 Å². The minimum atomic E-state index is -3.34. The predicted octanol–water partition coefficient (Wildman–Crippen LogP) is 0.698. The molecule has 172 valence electrons. The van der Waals surface area contributed by atoms with Gasteiger partial charge in [-0.2, -0.15) is 0 Å². The Morgan fingerprint density at radius 1 is 1.03 bits per heavy atom. The highest BCUT2D eigenvalue weighted by Gasteiger charge is 2.35. The third-order valence-electron chi connectivity index (χ3n) is 5.73. The van der Waals surface area contributed by atoms with Crippen LogP contribution in [0.15, 0.2) is 0 Å². The molecule has 2 heterocycles. The summed E-state index contributed by atoms with van der Waals surface area (Å²) in [6.45, 7) is 5.29. The van der Waals surface area contributed by atoms with E-state index >= 15 is 0 Å². The number of carbonyl (C=O) groups excluding carboxylic acids is 3. The number of hydrogen-bond donors (Lipinski definition) is 0. The summed E-state index contributed by atoms with van der Waals surface area (Å²) in [4.78, 5) is 40.6. The summed E-state index contributed by atoms with van der Waals surface area (Å²) < 4.78 is 31.2. The molecule has 2 rings (SSSR count). The zero-order valence-corrected chi connectivity index (χ0v) is 19.2. The van der Waals surface area contributed by atoms with E-state index in [-0.39, 0.29) is 42.5 Å². The number of likely N-dealkylation sites (N-methyl/N-ethyl adjacent to an activating group) is 1. The topological polar surface area (TPSA) is 104 Å². The number of rotatable bonds is 8. The first-order valence-electron chi connectivity index (χ1n) is 10.9. The number of nitrogens with zero attached hydrogens (tertiary/aromatic N) is 3. The van der Waals surface area contributed by atoms with Crippen LogP contribution in [-0.4, -0.2) is 92.4 Å². The average Bonchev–Trinajstić information content (AvgIpc) is 2.73. The third kappa shape index (κ3) is 6.41. The smallest absolute Gasteiger partial charge is 0.310 e. The van der Waals surface area contributed by atoms with Crippen LogP contribution in [0.5, 0.6) is 0 Å². The SMILES string of the molecule is CCCS(=O)(=O)N1CCCC(C(=O)N(C)CC(=O)N2CCCC(C(=O)OCC)C2)C1. The minimum Gasteiger partial charge on any atom is -0.466 e. The zero-order chi connectivity index (χ0) is 22.3. The number of carbonyl (C=O) groups is 3. The Hall–Kier alpha value is -1.68. The van der Waals surface area contributed by atoms with Crippen molar-refractivity contribution in [1.29, 1.82) is 0 Å². The van der Waals surface area contributed by atoms with Gasteiger partial charge in [-0.3, -0.25) is 14.4 Å². The fourth-order valence-electron chi connectivity index (χ4n) is 4.13. The molecule has 2 saturated heterocycles. The third-order valence-corrected chi connectivity index (χ3v) is 7.77. The standard InChI is InChI=1S/C20H35N3O6S/c1-4-12-30(27,28)23-11-7-8-16(14-23)19(25)21(3)15-18(24)22-10-6-9-17(13-22)20(26)29-5-2/h16-17H,4-15H2,1-3H3. The number of likely N-dealkylation sites (tertiary alicyclic amines) is 1. The highest BCUT2D eigenvalue weighted by atomic mass is 32.2. The zero-order valence-electron chi connectivity index (χ0n) is 18.3. The highest BCUT2D eigenvalue weighted by Crippen LogP contribution is 2.22. The molecular formula is C20H35N3O6S. The average molecular weight is 446 g/mol. The quantitative estimate of drug-likeness (QED) is 0.510. The largest absolute Gasteiger partial charge is 0.466 e. The van der Waals surface area contributed by atoms with Gasteiger partial charge in [0.15, 0.2) is 0 Å². The summed E-state index contributed by atoms with van der Waals surface area (Å²) in [5.41, 5.74) is 0. The highest BCUT2D eigenvalue weighted by molar-refractivity contribution is 7.89. The molecule has 10 heteroatoms. The van der Waals surface area contributed by atoms with Crippen molar-refractivity contribution < 1.29 is 27.5 Å². The number of hydrogen-bond acceptors (Lipinski definition) is 6. The van der Waals surface area contributed by atoms with Crippen LogP contribution in [0.1, 0.15) is 46.0 Å². The number of piperidine rings is 2. The molecule has 0 spiro atoms. The minimum absolute atomic E-state index is 0.0768. The van der Waals surface area contributed by atoms with Crippen LogP contribution in [0.2, 0.25) is 0 Å². The molecule has 0 radical (unpaired) electrons. The van der Waals surface area contributed by atoms with Crippen LogP contribution in [0.25, 0.3) is 0 Å². The molecule has 0 aliphatic carbocycles. The Kier molecular flexibility index (Phi) is 9.09. The number of esters is 1. The Morgan fingerprint density at radius 3 is 2.37 bits per heavy atom. The Balaban J connectivity index is 1.91. The Labute approximate surface area is 179 Å². The molecule has 0 aromatic heterocycles. The lowest BCUT2D eigenvalue weighted by molar-refractivity contribution is -0.152. The van der Waals surface area contributed by atoms with E-state index in [4.69, 9.17) is 4.74 Å². The van der Waals surface area contributed by atoms with E-state index in [0.717, 1.165) is 6.42 Å². The van der Waals surface area contributed by atoms with Crippen molar-refractivity contribution in [1.82, 2.24) is 14.1 Å². The van der Waals surface area contributed by atoms with Crippen LogP contribution in [0.3, 0.4) is 0 Å². The molecular weight excluding hydrogens is 410 g/mol. The first-order chi connectivity index (χ1) is 14.2. The molecule has 9 nitrogen and oxygen atoms in total. The van der Waals surface area contributed by atoms with Gasteiger partial charge in [0, 0.05) is 33.2 Å². The van der Waals surface area contributed by atoms with Crippen molar-refractivity contribution in [3.8, 4) is 0 Å². The first kappa shape index (κ1) is 24.6. The summed E-state index contributed by atoms with van der Waals surface area (Å²) >= 11 is 0. The normalized spacial score (nSPS) is 23.1. The summed E-state index contributed by atoms with van der Waals surface area (Å²) in [6, 6.07) is 0. The number of sulfonamides is 1. The van der Waals surface area contributed by atoms with Crippen molar-refractivity contribution >= 4 is 27.8 Å².